The van der Waals surface area contributed by atoms with Crippen LogP contribution in [0.15, 0.2) is 52.3 Å². The summed E-state index contributed by atoms with van der Waals surface area (Å²) in [4.78, 5) is 4.11. The maximum absolute atomic E-state index is 3.23. The Morgan fingerprint density at radius 1 is 1.09 bits per heavy atom. The summed E-state index contributed by atoms with van der Waals surface area (Å²) in [7, 11) is 2.01. The minimum atomic E-state index is 1.03. The highest BCUT2D eigenvalue weighted by Crippen LogP contribution is 2.44. The highest BCUT2D eigenvalue weighted by molar-refractivity contribution is 8.08. The molecule has 0 unspecified atom stereocenters. The van der Waals surface area contributed by atoms with Crippen LogP contribution in [0.25, 0.3) is 11.0 Å². The Hall–Kier alpha value is -1.16. The van der Waals surface area contributed by atoms with Gasteiger partial charge in [0.1, 0.15) is 0 Å². The molecule has 0 aromatic heterocycles. The summed E-state index contributed by atoms with van der Waals surface area (Å²) < 4.78 is 0. The molecule has 0 radical (unpaired) electrons. The second-order valence-electron chi connectivity index (χ2n) is 5.28. The zero-order chi connectivity index (χ0) is 15.4. The first-order valence-corrected chi connectivity index (χ1v) is 9.51. The Morgan fingerprint density at radius 3 is 2.77 bits per heavy atom. The van der Waals surface area contributed by atoms with Crippen molar-refractivity contribution >= 4 is 34.5 Å². The lowest BCUT2D eigenvalue weighted by Crippen LogP contribution is -2.09. The van der Waals surface area contributed by atoms with Crippen molar-refractivity contribution in [2.24, 2.45) is 0 Å². The van der Waals surface area contributed by atoms with Crippen LogP contribution < -0.4 is 5.32 Å². The molecule has 0 saturated carbocycles. The Labute approximate surface area is 141 Å². The van der Waals surface area contributed by atoms with Crippen LogP contribution in [0, 0.1) is 0 Å². The minimum Gasteiger partial charge on any atom is -0.319 e. The molecule has 0 fully saturated rings. The number of nitrogens with one attached hydrogen (secondary N) is 1. The van der Waals surface area contributed by atoms with Crippen LogP contribution in [0.3, 0.4) is 0 Å². The van der Waals surface area contributed by atoms with E-state index in [0.29, 0.717) is 0 Å². The summed E-state index contributed by atoms with van der Waals surface area (Å²) in [6, 6.07) is 15.6. The molecule has 114 valence electrons. The van der Waals surface area contributed by atoms with Gasteiger partial charge in [0.05, 0.1) is 0 Å². The second kappa shape index (κ2) is 7.40. The Morgan fingerprint density at radius 2 is 1.95 bits per heavy atom. The lowest BCUT2D eigenvalue weighted by atomic mass is 10.1. The predicted octanol–water partition coefficient (Wildman–Crippen LogP) is 5.16. The number of hydrogen-bond acceptors (Lipinski definition) is 3. The highest BCUT2D eigenvalue weighted by atomic mass is 32.2. The number of aryl methyl sites for hydroxylation is 1. The lowest BCUT2D eigenvalue weighted by Gasteiger charge is -2.11. The topological polar surface area (TPSA) is 12.0 Å². The lowest BCUT2D eigenvalue weighted by molar-refractivity contribution is 0.873. The van der Waals surface area contributed by atoms with Crippen molar-refractivity contribution in [2.45, 2.75) is 23.1 Å². The van der Waals surface area contributed by atoms with E-state index in [-0.39, 0.29) is 0 Å². The van der Waals surface area contributed by atoms with E-state index in [0.717, 1.165) is 18.7 Å². The Balaban J connectivity index is 2.04. The third-order valence-corrected chi connectivity index (χ3v) is 5.96. The molecule has 0 saturated heterocycles. The average molecular weight is 328 g/mol. The van der Waals surface area contributed by atoms with Gasteiger partial charge in [-0.25, -0.2) is 0 Å². The van der Waals surface area contributed by atoms with Gasteiger partial charge < -0.3 is 5.32 Å². The molecule has 22 heavy (non-hydrogen) atoms. The quantitative estimate of drug-likeness (QED) is 0.761. The molecule has 1 aliphatic rings. The van der Waals surface area contributed by atoms with Crippen molar-refractivity contribution in [3.63, 3.8) is 0 Å². The summed E-state index contributed by atoms with van der Waals surface area (Å²) in [5.74, 6) is 1.09. The number of rotatable bonds is 5. The van der Waals surface area contributed by atoms with Gasteiger partial charge in [-0.3, -0.25) is 0 Å². The molecule has 2 aromatic rings. The number of thioether (sulfide) groups is 1. The van der Waals surface area contributed by atoms with E-state index in [4.69, 9.17) is 0 Å². The van der Waals surface area contributed by atoms with Crippen LogP contribution in [-0.2, 0) is 6.42 Å². The van der Waals surface area contributed by atoms with E-state index in [9.17, 15) is 0 Å². The van der Waals surface area contributed by atoms with E-state index < -0.39 is 0 Å². The van der Waals surface area contributed by atoms with Crippen molar-refractivity contribution in [1.82, 2.24) is 5.32 Å². The fourth-order valence-electron chi connectivity index (χ4n) is 2.49. The molecule has 3 rings (SSSR count). The molecule has 0 amide bonds. The maximum atomic E-state index is 3.23. The average Bonchev–Trinajstić information content (AvgIpc) is 2.70. The molecule has 1 aliphatic heterocycles. The number of fused-ring (bicyclic) bond motifs is 2. The zero-order valence-corrected chi connectivity index (χ0v) is 14.7. The van der Waals surface area contributed by atoms with Gasteiger partial charge in [0.15, 0.2) is 0 Å². The van der Waals surface area contributed by atoms with E-state index >= 15 is 0 Å². The highest BCUT2D eigenvalue weighted by Gasteiger charge is 2.16. The number of hydrogen-bond donors (Lipinski definition) is 1. The Bertz CT molecular complexity index is 692. The van der Waals surface area contributed by atoms with Crippen LogP contribution in [-0.4, -0.2) is 19.3 Å². The van der Waals surface area contributed by atoms with Crippen LogP contribution in [0.5, 0.6) is 0 Å². The molecular formula is C19H21NS2. The smallest absolute Gasteiger partial charge is 0.0209 e. The van der Waals surface area contributed by atoms with Crippen molar-refractivity contribution in [2.75, 3.05) is 19.3 Å². The molecular weight excluding hydrogens is 306 g/mol. The summed E-state index contributed by atoms with van der Waals surface area (Å²) in [6.45, 7) is 3.24. The monoisotopic (exact) mass is 327 g/mol. The third kappa shape index (κ3) is 3.43. The summed E-state index contributed by atoms with van der Waals surface area (Å²) in [6.07, 6.45) is 3.43. The summed E-state index contributed by atoms with van der Waals surface area (Å²) >= 11 is 3.84. The van der Waals surface area contributed by atoms with Crippen molar-refractivity contribution < 1.29 is 0 Å². The molecule has 3 heteroatoms. The van der Waals surface area contributed by atoms with Gasteiger partial charge in [-0.15, -0.1) is 11.8 Å². The molecule has 0 aliphatic carbocycles. The SMILES string of the molecule is CCc1ccc2c(c1)Sc1ccccc1C=C2SCCNC. The Kier molecular flexibility index (Phi) is 5.29. The van der Waals surface area contributed by atoms with Gasteiger partial charge in [-0.2, -0.15) is 0 Å². The van der Waals surface area contributed by atoms with E-state index in [1.807, 2.05) is 30.6 Å². The van der Waals surface area contributed by atoms with Crippen LogP contribution in [0.4, 0.5) is 0 Å². The van der Waals surface area contributed by atoms with Crippen molar-refractivity contribution in [3.05, 3.63) is 59.2 Å². The molecule has 0 bridgehead atoms. The van der Waals surface area contributed by atoms with Crippen molar-refractivity contribution in [1.29, 1.82) is 0 Å². The normalized spacial score (nSPS) is 13.1. The first kappa shape index (κ1) is 15.7. The van der Waals surface area contributed by atoms with E-state index in [1.165, 1.54) is 31.4 Å². The van der Waals surface area contributed by atoms with Gasteiger partial charge in [-0.1, -0.05) is 49.0 Å². The molecule has 0 atom stereocenters. The van der Waals surface area contributed by atoms with Gasteiger partial charge in [0.2, 0.25) is 0 Å². The van der Waals surface area contributed by atoms with E-state index in [1.54, 1.807) is 0 Å². The van der Waals surface area contributed by atoms with Gasteiger partial charge in [0, 0.05) is 32.6 Å². The zero-order valence-electron chi connectivity index (χ0n) is 13.1. The summed E-state index contributed by atoms with van der Waals surface area (Å²) in [5.41, 5.74) is 4.11. The van der Waals surface area contributed by atoms with Gasteiger partial charge >= 0.3 is 0 Å². The minimum absolute atomic E-state index is 1.03. The van der Waals surface area contributed by atoms with E-state index in [2.05, 4.69) is 60.8 Å². The van der Waals surface area contributed by atoms with Crippen molar-refractivity contribution in [3.8, 4) is 0 Å². The first-order valence-electron chi connectivity index (χ1n) is 7.71. The predicted molar refractivity (Wildman–Crippen MR) is 101 cm³/mol. The maximum Gasteiger partial charge on any atom is 0.0209 e. The van der Waals surface area contributed by atoms with Crippen LogP contribution in [0.1, 0.15) is 23.6 Å². The fraction of sp³-hybridized carbons (Fsp3) is 0.263. The largest absolute Gasteiger partial charge is 0.319 e. The van der Waals surface area contributed by atoms with Gasteiger partial charge in [0.25, 0.3) is 0 Å². The molecule has 2 aromatic carbocycles. The molecule has 1 N–H and O–H groups in total. The van der Waals surface area contributed by atoms with Gasteiger partial charge in [-0.05, 0) is 42.8 Å². The second-order valence-corrected chi connectivity index (χ2v) is 7.51. The van der Waals surface area contributed by atoms with Crippen LogP contribution in [0.2, 0.25) is 0 Å². The standard InChI is InChI=1S/C19H21NS2/c1-3-14-8-9-16-18(21-11-10-20-2)13-15-6-4-5-7-17(15)22-19(16)12-14/h4-9,12-13,20H,3,10-11H2,1-2H3. The number of benzene rings is 2. The molecule has 0 spiro atoms. The molecule has 1 heterocycles. The fourth-order valence-corrected chi connectivity index (χ4v) is 4.75. The van der Waals surface area contributed by atoms with Crippen LogP contribution >= 0.6 is 23.5 Å². The first-order chi connectivity index (χ1) is 10.8. The third-order valence-electron chi connectivity index (χ3n) is 3.75. The summed E-state index contributed by atoms with van der Waals surface area (Å²) in [5, 5.41) is 3.23. The molecule has 1 nitrogen and oxygen atoms in total.